The van der Waals surface area contributed by atoms with Crippen LogP contribution in [0.25, 0.3) is 11.3 Å². The third kappa shape index (κ3) is 4.01. The summed E-state index contributed by atoms with van der Waals surface area (Å²) in [5.41, 5.74) is 3.18. The summed E-state index contributed by atoms with van der Waals surface area (Å²) in [6.07, 6.45) is 0. The van der Waals surface area contributed by atoms with Gasteiger partial charge < -0.3 is 5.11 Å². The summed E-state index contributed by atoms with van der Waals surface area (Å²) in [5.74, 6) is -1.17. The van der Waals surface area contributed by atoms with Crippen LogP contribution in [-0.4, -0.2) is 24.5 Å². The molecular formula is C19H18N2O4S2. The number of carbonyl (C=O) groups is 1. The fourth-order valence-electron chi connectivity index (χ4n) is 2.64. The van der Waals surface area contributed by atoms with E-state index >= 15 is 0 Å². The Bertz CT molecular complexity index is 1120. The molecule has 0 atom stereocenters. The largest absolute Gasteiger partial charge is 0.478 e. The second kappa shape index (κ2) is 7.13. The summed E-state index contributed by atoms with van der Waals surface area (Å²) in [6.45, 7) is 5.26. The van der Waals surface area contributed by atoms with E-state index in [0.717, 1.165) is 16.3 Å². The Labute approximate surface area is 161 Å². The molecule has 0 fully saturated rings. The molecule has 27 heavy (non-hydrogen) atoms. The maximum atomic E-state index is 12.8. The highest BCUT2D eigenvalue weighted by molar-refractivity contribution is 7.92. The molecule has 3 rings (SSSR count). The zero-order valence-corrected chi connectivity index (χ0v) is 16.6. The number of nitrogens with one attached hydrogen (secondary N) is 1. The van der Waals surface area contributed by atoms with Gasteiger partial charge in [-0.2, -0.15) is 0 Å². The first kappa shape index (κ1) is 19.1. The van der Waals surface area contributed by atoms with Gasteiger partial charge in [0, 0.05) is 16.6 Å². The molecule has 1 heterocycles. The Morgan fingerprint density at radius 3 is 2.33 bits per heavy atom. The third-order valence-corrected chi connectivity index (χ3v) is 6.49. The minimum absolute atomic E-state index is 0.0425. The normalized spacial score (nSPS) is 11.4. The Morgan fingerprint density at radius 1 is 1.11 bits per heavy atom. The zero-order valence-electron chi connectivity index (χ0n) is 15.0. The van der Waals surface area contributed by atoms with Crippen LogP contribution >= 0.6 is 11.3 Å². The number of hydrogen-bond acceptors (Lipinski definition) is 5. The Hall–Kier alpha value is -2.71. The van der Waals surface area contributed by atoms with Crippen molar-refractivity contribution < 1.29 is 18.3 Å². The molecule has 3 aromatic rings. The van der Waals surface area contributed by atoms with Gasteiger partial charge in [0.05, 0.1) is 21.2 Å². The summed E-state index contributed by atoms with van der Waals surface area (Å²) < 4.78 is 28.1. The number of sulfonamides is 1. The molecule has 0 aliphatic rings. The smallest absolute Gasteiger partial charge is 0.335 e. The lowest BCUT2D eigenvalue weighted by atomic mass is 10.1. The summed E-state index contributed by atoms with van der Waals surface area (Å²) >= 11 is 1.55. The number of benzene rings is 2. The number of carboxylic acids is 1. The molecule has 0 aliphatic carbocycles. The van der Waals surface area contributed by atoms with Crippen molar-refractivity contribution in [3.63, 3.8) is 0 Å². The summed E-state index contributed by atoms with van der Waals surface area (Å²) in [6, 6.07) is 9.53. The van der Waals surface area contributed by atoms with Crippen molar-refractivity contribution in [3.05, 3.63) is 63.5 Å². The molecule has 0 spiro atoms. The Kier molecular flexibility index (Phi) is 5.03. The number of anilines is 1. The summed E-state index contributed by atoms with van der Waals surface area (Å²) in [7, 11) is -3.92. The highest BCUT2D eigenvalue weighted by atomic mass is 32.2. The number of rotatable bonds is 5. The second-order valence-corrected chi connectivity index (χ2v) is 8.87. The van der Waals surface area contributed by atoms with Crippen molar-refractivity contribution in [1.82, 2.24) is 4.98 Å². The van der Waals surface area contributed by atoms with Crippen LogP contribution in [0.4, 0.5) is 5.69 Å². The number of hydrogen-bond donors (Lipinski definition) is 2. The molecular weight excluding hydrogens is 384 g/mol. The Morgan fingerprint density at radius 2 is 1.78 bits per heavy atom. The predicted molar refractivity (Wildman–Crippen MR) is 106 cm³/mol. The van der Waals surface area contributed by atoms with Gasteiger partial charge in [-0.25, -0.2) is 18.2 Å². The third-order valence-electron chi connectivity index (χ3n) is 4.21. The Balaban J connectivity index is 1.92. The number of thiazole rings is 1. The van der Waals surface area contributed by atoms with Crippen molar-refractivity contribution in [2.45, 2.75) is 25.7 Å². The molecule has 8 heteroatoms. The lowest BCUT2D eigenvalue weighted by Crippen LogP contribution is -2.16. The van der Waals surface area contributed by atoms with Crippen LogP contribution in [-0.2, 0) is 10.0 Å². The molecule has 0 amide bonds. The molecule has 0 saturated carbocycles. The van der Waals surface area contributed by atoms with Crippen LogP contribution < -0.4 is 4.72 Å². The van der Waals surface area contributed by atoms with Crippen LogP contribution in [0.5, 0.6) is 0 Å². The molecule has 6 nitrogen and oxygen atoms in total. The van der Waals surface area contributed by atoms with Gasteiger partial charge in [-0.3, -0.25) is 4.72 Å². The minimum atomic E-state index is -3.92. The van der Waals surface area contributed by atoms with Crippen LogP contribution in [0.2, 0.25) is 0 Å². The topological polar surface area (TPSA) is 96.4 Å². The van der Waals surface area contributed by atoms with Gasteiger partial charge in [-0.05, 0) is 56.2 Å². The molecule has 2 N–H and O–H groups in total. The van der Waals surface area contributed by atoms with E-state index in [1.807, 2.05) is 12.3 Å². The maximum Gasteiger partial charge on any atom is 0.335 e. The molecule has 0 aliphatic heterocycles. The fraction of sp³-hybridized carbons (Fsp3) is 0.158. The van der Waals surface area contributed by atoms with Crippen molar-refractivity contribution in [2.24, 2.45) is 0 Å². The average molecular weight is 402 g/mol. The van der Waals surface area contributed by atoms with Gasteiger partial charge in [0.1, 0.15) is 0 Å². The van der Waals surface area contributed by atoms with E-state index in [4.69, 9.17) is 0 Å². The summed E-state index contributed by atoms with van der Waals surface area (Å²) in [5, 5.41) is 12.1. The SMILES string of the molecule is Cc1nc(-c2ccc(NS(=O)(=O)c3cc(C(=O)O)cc(C)c3C)cc2)cs1. The number of aryl methyl sites for hydroxylation is 2. The van der Waals surface area contributed by atoms with Gasteiger partial charge in [-0.1, -0.05) is 12.1 Å². The molecule has 0 bridgehead atoms. The van der Waals surface area contributed by atoms with E-state index in [2.05, 4.69) is 9.71 Å². The van der Waals surface area contributed by atoms with E-state index in [1.54, 1.807) is 49.4 Å². The van der Waals surface area contributed by atoms with Crippen molar-refractivity contribution in [2.75, 3.05) is 4.72 Å². The monoisotopic (exact) mass is 402 g/mol. The van der Waals surface area contributed by atoms with Crippen molar-refractivity contribution in [1.29, 1.82) is 0 Å². The first-order valence-electron chi connectivity index (χ1n) is 8.07. The zero-order chi connectivity index (χ0) is 19.8. The highest BCUT2D eigenvalue weighted by Crippen LogP contribution is 2.26. The van der Waals surface area contributed by atoms with Crippen molar-refractivity contribution in [3.8, 4) is 11.3 Å². The standard InChI is InChI=1S/C19H18N2O4S2/c1-11-8-15(19(22)23)9-18(12(11)2)27(24,25)21-16-6-4-14(5-7-16)17-10-26-13(3)20-17/h4-10,21H,1-3H3,(H,22,23). The van der Waals surface area contributed by atoms with E-state index in [9.17, 15) is 18.3 Å². The number of nitrogens with zero attached hydrogens (tertiary/aromatic N) is 1. The van der Waals surface area contributed by atoms with Crippen LogP contribution in [0.1, 0.15) is 26.5 Å². The van der Waals surface area contributed by atoms with Crippen LogP contribution in [0.3, 0.4) is 0 Å². The lowest BCUT2D eigenvalue weighted by Gasteiger charge is -2.13. The molecule has 0 saturated heterocycles. The van der Waals surface area contributed by atoms with E-state index in [0.29, 0.717) is 16.8 Å². The van der Waals surface area contributed by atoms with Crippen molar-refractivity contribution >= 4 is 33.0 Å². The quantitative estimate of drug-likeness (QED) is 0.666. The molecule has 1 aromatic heterocycles. The maximum absolute atomic E-state index is 12.8. The van der Waals surface area contributed by atoms with Crippen LogP contribution in [0, 0.1) is 20.8 Å². The second-order valence-electron chi connectivity index (χ2n) is 6.16. The molecule has 0 unspecified atom stereocenters. The van der Waals surface area contributed by atoms with Gasteiger partial charge in [0.25, 0.3) is 10.0 Å². The average Bonchev–Trinajstić information content (AvgIpc) is 3.03. The molecule has 0 radical (unpaired) electrons. The fourth-order valence-corrected chi connectivity index (χ4v) is 4.67. The van der Waals surface area contributed by atoms with Gasteiger partial charge in [0.2, 0.25) is 0 Å². The van der Waals surface area contributed by atoms with Crippen LogP contribution in [0.15, 0.2) is 46.7 Å². The first-order valence-corrected chi connectivity index (χ1v) is 10.4. The predicted octanol–water partition coefficient (Wildman–Crippen LogP) is 4.23. The summed E-state index contributed by atoms with van der Waals surface area (Å²) in [4.78, 5) is 15.6. The minimum Gasteiger partial charge on any atom is -0.478 e. The van der Waals surface area contributed by atoms with E-state index < -0.39 is 16.0 Å². The molecule has 140 valence electrons. The highest BCUT2D eigenvalue weighted by Gasteiger charge is 2.21. The molecule has 2 aromatic carbocycles. The van der Waals surface area contributed by atoms with Gasteiger partial charge in [0.15, 0.2) is 0 Å². The number of carboxylic acid groups (broad SMARTS) is 1. The lowest BCUT2D eigenvalue weighted by molar-refractivity contribution is 0.0696. The first-order chi connectivity index (χ1) is 12.7. The van der Waals surface area contributed by atoms with E-state index in [1.165, 1.54) is 12.1 Å². The number of aromatic nitrogens is 1. The number of aromatic carboxylic acids is 1. The van der Waals surface area contributed by atoms with E-state index in [-0.39, 0.29) is 10.5 Å². The van der Waals surface area contributed by atoms with Gasteiger partial charge in [-0.15, -0.1) is 11.3 Å². The van der Waals surface area contributed by atoms with Gasteiger partial charge >= 0.3 is 5.97 Å².